The standard InChI is InChI=1S/C9H16NO3/c1-10(12)8-5-3-7(4-6-8)9(11)13-2/h7-8H,3-6H2,1-2H3/q+1. The Balaban J connectivity index is 2.39. The average molecular weight is 186 g/mol. The number of hydrogen-bond acceptors (Lipinski definition) is 3. The van der Waals surface area contributed by atoms with Crippen LogP contribution in [0.5, 0.6) is 0 Å². The highest BCUT2D eigenvalue weighted by Crippen LogP contribution is 2.26. The fourth-order valence-electron chi connectivity index (χ4n) is 1.84. The molecule has 0 N–H and O–H groups in total. The predicted molar refractivity (Wildman–Crippen MR) is 47.3 cm³/mol. The molecule has 1 aliphatic carbocycles. The molecule has 0 unspecified atom stereocenters. The van der Waals surface area contributed by atoms with E-state index in [9.17, 15) is 9.70 Å². The van der Waals surface area contributed by atoms with Gasteiger partial charge in [0, 0.05) is 17.7 Å². The Morgan fingerprint density at radius 2 is 1.85 bits per heavy atom. The summed E-state index contributed by atoms with van der Waals surface area (Å²) >= 11 is 0. The number of rotatable bonds is 2. The van der Waals surface area contributed by atoms with Gasteiger partial charge in [0.1, 0.15) is 0 Å². The molecule has 0 atom stereocenters. The van der Waals surface area contributed by atoms with E-state index < -0.39 is 0 Å². The van der Waals surface area contributed by atoms with Gasteiger partial charge in [0.2, 0.25) is 6.04 Å². The van der Waals surface area contributed by atoms with Crippen molar-refractivity contribution >= 4 is 5.97 Å². The van der Waals surface area contributed by atoms with Crippen LogP contribution in [0.25, 0.3) is 0 Å². The van der Waals surface area contributed by atoms with Gasteiger partial charge in [-0.15, -0.1) is 0 Å². The molecule has 4 heteroatoms. The van der Waals surface area contributed by atoms with Gasteiger partial charge in [0.25, 0.3) is 0 Å². The third-order valence-electron chi connectivity index (χ3n) is 2.75. The lowest BCUT2D eigenvalue weighted by Gasteiger charge is -2.21. The largest absolute Gasteiger partial charge is 0.469 e. The van der Waals surface area contributed by atoms with Crippen molar-refractivity contribution in [3.05, 3.63) is 4.91 Å². The van der Waals surface area contributed by atoms with Crippen molar-refractivity contribution in [2.45, 2.75) is 31.7 Å². The van der Waals surface area contributed by atoms with E-state index in [-0.39, 0.29) is 17.9 Å². The van der Waals surface area contributed by atoms with Gasteiger partial charge in [0.05, 0.1) is 13.0 Å². The summed E-state index contributed by atoms with van der Waals surface area (Å²) in [6.45, 7) is 0. The lowest BCUT2D eigenvalue weighted by molar-refractivity contribution is -0.562. The molecule has 74 valence electrons. The van der Waals surface area contributed by atoms with E-state index in [0.717, 1.165) is 30.4 Å². The molecule has 0 amide bonds. The quantitative estimate of drug-likeness (QED) is 0.479. The summed E-state index contributed by atoms with van der Waals surface area (Å²) in [5.41, 5.74) is 0. The van der Waals surface area contributed by atoms with Crippen molar-refractivity contribution in [1.29, 1.82) is 0 Å². The van der Waals surface area contributed by atoms with Crippen LogP contribution in [0.4, 0.5) is 0 Å². The molecule has 1 aliphatic rings. The summed E-state index contributed by atoms with van der Waals surface area (Å²) in [7, 11) is 2.96. The van der Waals surface area contributed by atoms with Gasteiger partial charge < -0.3 is 4.74 Å². The molecule has 0 spiro atoms. The summed E-state index contributed by atoms with van der Waals surface area (Å²) < 4.78 is 5.65. The number of nitrogens with zero attached hydrogens (tertiary/aromatic N) is 1. The molecule has 0 aromatic heterocycles. The van der Waals surface area contributed by atoms with Crippen molar-refractivity contribution in [2.75, 3.05) is 14.2 Å². The highest BCUT2D eigenvalue weighted by Gasteiger charge is 2.32. The van der Waals surface area contributed by atoms with Crippen molar-refractivity contribution in [3.8, 4) is 0 Å². The molecule has 1 saturated carbocycles. The van der Waals surface area contributed by atoms with Gasteiger partial charge in [-0.3, -0.25) is 4.79 Å². The Kier molecular flexibility index (Phi) is 3.39. The number of ether oxygens (including phenoxy) is 1. The molecular formula is C9H16NO3+. The van der Waals surface area contributed by atoms with Crippen LogP contribution in [0.1, 0.15) is 25.7 Å². The monoisotopic (exact) mass is 186 g/mol. The Hall–Kier alpha value is -0.930. The summed E-state index contributed by atoms with van der Waals surface area (Å²) in [5, 5.41) is 0. The third-order valence-corrected chi connectivity index (χ3v) is 2.75. The number of methoxy groups -OCH3 is 1. The normalized spacial score (nSPS) is 28.2. The average Bonchev–Trinajstić information content (AvgIpc) is 2.17. The summed E-state index contributed by atoms with van der Waals surface area (Å²) in [6, 6.07) is 0.0981. The minimum absolute atomic E-state index is 0.0150. The SMILES string of the molecule is COC(=O)C1CCC([N+](C)=O)CC1. The van der Waals surface area contributed by atoms with E-state index in [1.54, 1.807) is 7.05 Å². The fourth-order valence-corrected chi connectivity index (χ4v) is 1.84. The van der Waals surface area contributed by atoms with Crippen LogP contribution >= 0.6 is 0 Å². The fraction of sp³-hybridized carbons (Fsp3) is 0.889. The first-order valence-corrected chi connectivity index (χ1v) is 4.63. The van der Waals surface area contributed by atoms with Crippen LogP contribution in [-0.4, -0.2) is 30.9 Å². The van der Waals surface area contributed by atoms with Crippen LogP contribution < -0.4 is 0 Å². The van der Waals surface area contributed by atoms with Gasteiger partial charge >= 0.3 is 5.97 Å². The Morgan fingerprint density at radius 3 is 2.23 bits per heavy atom. The Bertz CT molecular complexity index is 207. The second kappa shape index (κ2) is 4.35. The molecule has 0 aromatic carbocycles. The zero-order valence-electron chi connectivity index (χ0n) is 8.16. The van der Waals surface area contributed by atoms with Crippen molar-refractivity contribution < 1.29 is 14.3 Å². The van der Waals surface area contributed by atoms with E-state index >= 15 is 0 Å². The highest BCUT2D eigenvalue weighted by molar-refractivity contribution is 5.72. The lowest BCUT2D eigenvalue weighted by Crippen LogP contribution is -2.30. The first-order chi connectivity index (χ1) is 6.15. The molecule has 0 heterocycles. The minimum atomic E-state index is -0.132. The number of hydrogen-bond donors (Lipinski definition) is 0. The van der Waals surface area contributed by atoms with Gasteiger partial charge in [0.15, 0.2) is 7.05 Å². The van der Waals surface area contributed by atoms with Crippen molar-refractivity contribution in [1.82, 2.24) is 0 Å². The van der Waals surface area contributed by atoms with Crippen molar-refractivity contribution in [2.24, 2.45) is 5.92 Å². The number of nitroso groups, excluding NO2 is 1. The molecule has 13 heavy (non-hydrogen) atoms. The molecule has 1 fully saturated rings. The second-order valence-electron chi connectivity index (χ2n) is 3.57. The molecule has 0 bridgehead atoms. The van der Waals surface area contributed by atoms with E-state index in [1.807, 2.05) is 0 Å². The second-order valence-corrected chi connectivity index (χ2v) is 3.57. The molecule has 1 rings (SSSR count). The summed E-state index contributed by atoms with van der Waals surface area (Å²) in [6.07, 6.45) is 3.17. The molecule has 0 aromatic rings. The van der Waals surface area contributed by atoms with E-state index in [0.29, 0.717) is 0 Å². The summed E-state index contributed by atoms with van der Waals surface area (Å²) in [5.74, 6) is -0.117. The molecule has 0 saturated heterocycles. The van der Waals surface area contributed by atoms with Crippen molar-refractivity contribution in [3.63, 3.8) is 0 Å². The lowest BCUT2D eigenvalue weighted by atomic mass is 9.86. The van der Waals surface area contributed by atoms with Gasteiger partial charge in [-0.25, -0.2) is 0 Å². The number of carbonyl (C=O) groups is 1. The van der Waals surface area contributed by atoms with Gasteiger partial charge in [-0.1, -0.05) is 0 Å². The zero-order chi connectivity index (χ0) is 9.84. The smallest absolute Gasteiger partial charge is 0.308 e. The van der Waals surface area contributed by atoms with E-state index in [1.165, 1.54) is 7.11 Å². The number of carbonyl (C=O) groups excluding carboxylic acids is 1. The maximum Gasteiger partial charge on any atom is 0.308 e. The maximum absolute atomic E-state index is 11.1. The predicted octanol–water partition coefficient (Wildman–Crippen LogP) is 1.13. The Labute approximate surface area is 77.8 Å². The maximum atomic E-state index is 11.1. The van der Waals surface area contributed by atoms with Crippen LogP contribution in [-0.2, 0) is 9.53 Å². The van der Waals surface area contributed by atoms with E-state index in [4.69, 9.17) is 0 Å². The third kappa shape index (κ3) is 2.50. The van der Waals surface area contributed by atoms with Gasteiger partial charge in [-0.2, -0.15) is 0 Å². The highest BCUT2D eigenvalue weighted by atomic mass is 16.5. The van der Waals surface area contributed by atoms with Crippen LogP contribution in [0.3, 0.4) is 0 Å². The molecule has 0 aliphatic heterocycles. The number of esters is 1. The van der Waals surface area contributed by atoms with E-state index in [2.05, 4.69) is 4.74 Å². The zero-order valence-corrected chi connectivity index (χ0v) is 8.16. The molecule has 0 radical (unpaired) electrons. The molecule has 4 nitrogen and oxygen atoms in total. The van der Waals surface area contributed by atoms with Crippen LogP contribution in [0.15, 0.2) is 0 Å². The first kappa shape index (κ1) is 10.2. The summed E-state index contributed by atoms with van der Waals surface area (Å²) in [4.78, 5) is 22.1. The van der Waals surface area contributed by atoms with Crippen LogP contribution in [0.2, 0.25) is 0 Å². The van der Waals surface area contributed by atoms with Gasteiger partial charge in [-0.05, 0) is 17.6 Å². The Morgan fingerprint density at radius 1 is 1.31 bits per heavy atom. The van der Waals surface area contributed by atoms with Crippen LogP contribution in [0, 0.1) is 10.8 Å². The first-order valence-electron chi connectivity index (χ1n) is 4.63. The topological polar surface area (TPSA) is 46.4 Å². The minimum Gasteiger partial charge on any atom is -0.469 e. The molecular weight excluding hydrogens is 170 g/mol.